The van der Waals surface area contributed by atoms with Crippen molar-refractivity contribution >= 4 is 30.7 Å². The molecule has 0 aromatic heterocycles. The number of amides is 1. The number of halogens is 2. The van der Waals surface area contributed by atoms with E-state index in [4.69, 9.17) is 0 Å². The first kappa shape index (κ1) is 20.0. The number of hydrogen-bond donors (Lipinski definition) is 2. The van der Waals surface area contributed by atoms with Gasteiger partial charge in [0, 0.05) is 12.6 Å². The van der Waals surface area contributed by atoms with Crippen molar-refractivity contribution in [2.75, 3.05) is 26.2 Å². The molecule has 2 atom stereocenters. The van der Waals surface area contributed by atoms with Crippen LogP contribution in [-0.2, 0) is 4.79 Å². The monoisotopic (exact) mass is 325 g/mol. The molecule has 2 heterocycles. The Kier molecular flexibility index (Phi) is 9.81. The first-order chi connectivity index (χ1) is 8.66. The summed E-state index contributed by atoms with van der Waals surface area (Å²) in [5, 5.41) is 6.33. The van der Waals surface area contributed by atoms with Gasteiger partial charge >= 0.3 is 0 Å². The third kappa shape index (κ3) is 5.76. The second-order valence-corrected chi connectivity index (χ2v) is 5.96. The summed E-state index contributed by atoms with van der Waals surface area (Å²) in [5.74, 6) is 1.05. The average molecular weight is 326 g/mol. The number of nitrogens with zero attached hydrogens (tertiary/aromatic N) is 1. The summed E-state index contributed by atoms with van der Waals surface area (Å²) in [4.78, 5) is 14.4. The van der Waals surface area contributed by atoms with Crippen molar-refractivity contribution < 1.29 is 4.79 Å². The van der Waals surface area contributed by atoms with E-state index in [0.717, 1.165) is 31.8 Å². The van der Waals surface area contributed by atoms with Gasteiger partial charge in [-0.2, -0.15) is 0 Å². The van der Waals surface area contributed by atoms with Gasteiger partial charge in [-0.15, -0.1) is 24.8 Å². The highest BCUT2D eigenvalue weighted by molar-refractivity contribution is 5.85. The van der Waals surface area contributed by atoms with E-state index in [0.29, 0.717) is 6.04 Å². The molecule has 2 rings (SSSR count). The van der Waals surface area contributed by atoms with Gasteiger partial charge in [0.05, 0.1) is 6.04 Å². The molecule has 2 fully saturated rings. The zero-order valence-electron chi connectivity index (χ0n) is 12.6. The summed E-state index contributed by atoms with van der Waals surface area (Å²) in [6, 6.07) is 0.515. The van der Waals surface area contributed by atoms with Gasteiger partial charge in [0.25, 0.3) is 0 Å². The van der Waals surface area contributed by atoms with Crippen molar-refractivity contribution in [2.45, 2.75) is 51.6 Å². The number of rotatable bonds is 4. The molecule has 0 aromatic rings. The predicted octanol–water partition coefficient (Wildman–Crippen LogP) is 1.82. The molecule has 2 unspecified atom stereocenters. The fourth-order valence-electron chi connectivity index (χ4n) is 2.88. The number of likely N-dealkylation sites (tertiary alicyclic amines) is 1. The minimum absolute atomic E-state index is 0. The average Bonchev–Trinajstić information content (AvgIpc) is 2.90. The first-order valence-electron chi connectivity index (χ1n) is 7.42. The normalized spacial score (nSPS) is 25.4. The maximum atomic E-state index is 11.9. The van der Waals surface area contributed by atoms with Gasteiger partial charge in [-0.1, -0.05) is 6.92 Å². The van der Waals surface area contributed by atoms with Gasteiger partial charge < -0.3 is 10.6 Å². The van der Waals surface area contributed by atoms with Gasteiger partial charge in [0.15, 0.2) is 0 Å². The van der Waals surface area contributed by atoms with Gasteiger partial charge in [-0.25, -0.2) is 0 Å². The highest BCUT2D eigenvalue weighted by Gasteiger charge is 2.24. The Morgan fingerprint density at radius 1 is 1.30 bits per heavy atom. The van der Waals surface area contributed by atoms with E-state index in [1.165, 1.54) is 25.9 Å². The van der Waals surface area contributed by atoms with E-state index in [-0.39, 0.29) is 36.8 Å². The zero-order chi connectivity index (χ0) is 13.0. The number of carbonyl (C=O) groups excluding carboxylic acids is 1. The van der Waals surface area contributed by atoms with E-state index in [9.17, 15) is 4.79 Å². The molecule has 0 aromatic carbocycles. The molecule has 0 spiro atoms. The molecule has 4 nitrogen and oxygen atoms in total. The van der Waals surface area contributed by atoms with Gasteiger partial charge in [0.1, 0.15) is 0 Å². The van der Waals surface area contributed by atoms with E-state index >= 15 is 0 Å². The molecule has 6 heteroatoms. The van der Waals surface area contributed by atoms with Crippen LogP contribution in [0.5, 0.6) is 0 Å². The van der Waals surface area contributed by atoms with Crippen LogP contribution >= 0.6 is 24.8 Å². The smallest absolute Gasteiger partial charge is 0.237 e. The lowest BCUT2D eigenvalue weighted by Crippen LogP contribution is -2.48. The Morgan fingerprint density at radius 3 is 2.50 bits per heavy atom. The number of carbonyl (C=O) groups is 1. The van der Waals surface area contributed by atoms with Crippen LogP contribution in [0.4, 0.5) is 0 Å². The Morgan fingerprint density at radius 2 is 1.95 bits per heavy atom. The molecule has 2 N–H and O–H groups in total. The summed E-state index contributed by atoms with van der Waals surface area (Å²) < 4.78 is 0. The topological polar surface area (TPSA) is 44.4 Å². The first-order valence-corrected chi connectivity index (χ1v) is 7.42. The third-order valence-corrected chi connectivity index (χ3v) is 4.39. The van der Waals surface area contributed by atoms with Crippen molar-refractivity contribution in [1.82, 2.24) is 15.5 Å². The summed E-state index contributed by atoms with van der Waals surface area (Å²) in [5.41, 5.74) is 0. The lowest BCUT2D eigenvalue weighted by atomic mass is 9.98. The predicted molar refractivity (Wildman–Crippen MR) is 88.0 cm³/mol. The molecule has 0 saturated carbocycles. The molecule has 0 radical (unpaired) electrons. The number of nitrogens with one attached hydrogen (secondary N) is 2. The molecule has 0 aliphatic carbocycles. The Labute approximate surface area is 135 Å². The minimum Gasteiger partial charge on any atom is -0.353 e. The molecule has 120 valence electrons. The quantitative estimate of drug-likeness (QED) is 0.828. The molecule has 20 heavy (non-hydrogen) atoms. The fraction of sp³-hybridized carbons (Fsp3) is 0.929. The third-order valence-electron chi connectivity index (χ3n) is 4.39. The van der Waals surface area contributed by atoms with Crippen molar-refractivity contribution in [2.24, 2.45) is 5.92 Å². The van der Waals surface area contributed by atoms with E-state index in [1.807, 2.05) is 0 Å². The SMILES string of the molecule is CC1CCN(C(C)CNC(=O)C2CCCN2)CC1.Cl.Cl. The van der Waals surface area contributed by atoms with Crippen LogP contribution in [0.3, 0.4) is 0 Å². The molecular weight excluding hydrogens is 297 g/mol. The van der Waals surface area contributed by atoms with Crippen LogP contribution in [0.25, 0.3) is 0 Å². The fourth-order valence-corrected chi connectivity index (χ4v) is 2.88. The molecule has 2 aliphatic rings. The Hall–Kier alpha value is -0.0300. The van der Waals surface area contributed by atoms with E-state index < -0.39 is 0 Å². The van der Waals surface area contributed by atoms with Crippen LogP contribution in [0.2, 0.25) is 0 Å². The van der Waals surface area contributed by atoms with Crippen LogP contribution in [0.15, 0.2) is 0 Å². The summed E-state index contributed by atoms with van der Waals surface area (Å²) in [6.45, 7) is 8.68. The molecule has 1 amide bonds. The van der Waals surface area contributed by atoms with Crippen LogP contribution in [-0.4, -0.2) is 49.1 Å². The van der Waals surface area contributed by atoms with Crippen molar-refractivity contribution in [3.05, 3.63) is 0 Å². The zero-order valence-corrected chi connectivity index (χ0v) is 14.2. The largest absolute Gasteiger partial charge is 0.353 e. The lowest BCUT2D eigenvalue weighted by Gasteiger charge is -2.35. The summed E-state index contributed by atoms with van der Waals surface area (Å²) >= 11 is 0. The summed E-state index contributed by atoms with van der Waals surface area (Å²) in [7, 11) is 0. The number of piperidine rings is 1. The highest BCUT2D eigenvalue weighted by Crippen LogP contribution is 2.17. The molecule has 0 bridgehead atoms. The number of hydrogen-bond acceptors (Lipinski definition) is 3. The van der Waals surface area contributed by atoms with Gasteiger partial charge in [-0.05, 0) is 58.2 Å². The Balaban J connectivity index is 0.00000180. The van der Waals surface area contributed by atoms with Crippen molar-refractivity contribution in [3.8, 4) is 0 Å². The standard InChI is InChI=1S/C14H27N3O.2ClH/c1-11-5-8-17(9-6-11)12(2)10-16-14(18)13-4-3-7-15-13;;/h11-13,15H,3-10H2,1-2H3,(H,16,18);2*1H. The minimum atomic E-state index is 0. The van der Waals surface area contributed by atoms with Gasteiger partial charge in [0.2, 0.25) is 5.91 Å². The molecular formula is C14H29Cl2N3O. The second-order valence-electron chi connectivity index (χ2n) is 5.96. The Bertz CT molecular complexity index is 278. The van der Waals surface area contributed by atoms with E-state index in [1.54, 1.807) is 0 Å². The lowest BCUT2D eigenvalue weighted by molar-refractivity contribution is -0.123. The molecule has 2 aliphatic heterocycles. The van der Waals surface area contributed by atoms with Crippen molar-refractivity contribution in [1.29, 1.82) is 0 Å². The second kappa shape index (κ2) is 9.82. The molecule has 2 saturated heterocycles. The summed E-state index contributed by atoms with van der Waals surface area (Å²) in [6.07, 6.45) is 4.70. The highest BCUT2D eigenvalue weighted by atomic mass is 35.5. The maximum absolute atomic E-state index is 11.9. The van der Waals surface area contributed by atoms with Crippen LogP contribution in [0.1, 0.15) is 39.5 Å². The van der Waals surface area contributed by atoms with Crippen LogP contribution in [0, 0.1) is 5.92 Å². The van der Waals surface area contributed by atoms with E-state index in [2.05, 4.69) is 29.4 Å². The maximum Gasteiger partial charge on any atom is 0.237 e. The van der Waals surface area contributed by atoms with Crippen molar-refractivity contribution in [3.63, 3.8) is 0 Å². The van der Waals surface area contributed by atoms with Gasteiger partial charge in [-0.3, -0.25) is 9.69 Å². The van der Waals surface area contributed by atoms with Crippen LogP contribution < -0.4 is 10.6 Å².